The molecule has 130 valence electrons. The summed E-state index contributed by atoms with van der Waals surface area (Å²) in [5, 5.41) is 13.5. The minimum atomic E-state index is -0.496. The maximum Gasteiger partial charge on any atom is 0.271 e. The van der Waals surface area contributed by atoms with Gasteiger partial charge in [-0.15, -0.1) is 0 Å². The summed E-state index contributed by atoms with van der Waals surface area (Å²) in [4.78, 5) is 36.3. The highest BCUT2D eigenvalue weighted by molar-refractivity contribution is 5.92. The van der Waals surface area contributed by atoms with Crippen LogP contribution in [0.2, 0.25) is 0 Å². The molecule has 1 saturated carbocycles. The van der Waals surface area contributed by atoms with Gasteiger partial charge in [-0.1, -0.05) is 18.9 Å². The third kappa shape index (κ3) is 4.53. The zero-order valence-corrected chi connectivity index (χ0v) is 14.1. The van der Waals surface area contributed by atoms with Crippen LogP contribution >= 0.6 is 0 Å². The molecule has 0 radical (unpaired) electrons. The average Bonchev–Trinajstić information content (AvgIpc) is 2.95. The maximum absolute atomic E-state index is 12.4. The van der Waals surface area contributed by atoms with Crippen LogP contribution in [0.5, 0.6) is 0 Å². The molecule has 0 bridgehead atoms. The summed E-state index contributed by atoms with van der Waals surface area (Å²) in [7, 11) is 3.43. The van der Waals surface area contributed by atoms with E-state index in [0.717, 1.165) is 25.7 Å². The lowest BCUT2D eigenvalue weighted by molar-refractivity contribution is -0.384. The van der Waals surface area contributed by atoms with Gasteiger partial charge in [0.05, 0.1) is 4.92 Å². The van der Waals surface area contributed by atoms with Crippen molar-refractivity contribution in [3.05, 3.63) is 34.4 Å². The summed E-state index contributed by atoms with van der Waals surface area (Å²) in [5.74, 6) is -0.177. The third-order valence-electron chi connectivity index (χ3n) is 4.57. The molecule has 0 saturated heterocycles. The summed E-state index contributed by atoms with van der Waals surface area (Å²) >= 11 is 0. The largest absolute Gasteiger partial charge is 0.349 e. The predicted octanol–water partition coefficient (Wildman–Crippen LogP) is 2.96. The van der Waals surface area contributed by atoms with Gasteiger partial charge in [0.1, 0.15) is 0 Å². The van der Waals surface area contributed by atoms with E-state index in [9.17, 15) is 19.7 Å². The van der Waals surface area contributed by atoms with Gasteiger partial charge in [-0.3, -0.25) is 19.7 Å². The molecule has 1 fully saturated rings. The van der Waals surface area contributed by atoms with Crippen molar-refractivity contribution in [2.45, 2.75) is 38.5 Å². The van der Waals surface area contributed by atoms with Crippen LogP contribution < -0.4 is 5.32 Å². The Morgan fingerprint density at radius 1 is 1.25 bits per heavy atom. The topological polar surface area (TPSA) is 92.6 Å². The highest BCUT2D eigenvalue weighted by Crippen LogP contribution is 2.44. The van der Waals surface area contributed by atoms with Crippen LogP contribution in [0.3, 0.4) is 0 Å². The second-order valence-electron chi connectivity index (χ2n) is 6.70. The molecular weight excluding hydrogens is 310 g/mol. The van der Waals surface area contributed by atoms with E-state index in [1.54, 1.807) is 25.1 Å². The molecule has 0 unspecified atom stereocenters. The number of nitro benzene ring substituents is 1. The summed E-state index contributed by atoms with van der Waals surface area (Å²) < 4.78 is 0. The normalized spacial score (nSPS) is 15.8. The first-order chi connectivity index (χ1) is 11.3. The van der Waals surface area contributed by atoms with Gasteiger partial charge in [0, 0.05) is 44.8 Å². The van der Waals surface area contributed by atoms with Crippen molar-refractivity contribution >= 4 is 23.2 Å². The molecule has 2 rings (SSSR count). The lowest BCUT2D eigenvalue weighted by atomic mass is 9.78. The molecule has 1 aromatic carbocycles. The van der Waals surface area contributed by atoms with Crippen LogP contribution in [-0.4, -0.2) is 35.7 Å². The molecule has 1 aromatic rings. The number of nitrogens with zero attached hydrogens (tertiary/aromatic N) is 2. The van der Waals surface area contributed by atoms with E-state index in [0.29, 0.717) is 12.1 Å². The second kappa shape index (κ2) is 7.42. The van der Waals surface area contributed by atoms with Gasteiger partial charge in [0.25, 0.3) is 5.69 Å². The van der Waals surface area contributed by atoms with Crippen LogP contribution in [0, 0.1) is 15.5 Å². The Morgan fingerprint density at radius 2 is 1.92 bits per heavy atom. The molecule has 0 aromatic heterocycles. The molecule has 1 aliphatic rings. The van der Waals surface area contributed by atoms with Gasteiger partial charge in [0.15, 0.2) is 0 Å². The van der Waals surface area contributed by atoms with Crippen molar-refractivity contribution in [3.63, 3.8) is 0 Å². The number of hydrogen-bond donors (Lipinski definition) is 1. The van der Waals surface area contributed by atoms with Gasteiger partial charge in [-0.05, 0) is 24.3 Å². The first-order valence-electron chi connectivity index (χ1n) is 8.06. The van der Waals surface area contributed by atoms with Gasteiger partial charge in [-0.2, -0.15) is 0 Å². The number of nitro groups is 1. The Balaban J connectivity index is 2.04. The van der Waals surface area contributed by atoms with Gasteiger partial charge in [0.2, 0.25) is 11.8 Å². The minimum absolute atomic E-state index is 0.0278. The van der Waals surface area contributed by atoms with E-state index in [2.05, 4.69) is 5.32 Å². The number of rotatable bonds is 6. The molecule has 7 nitrogen and oxygen atoms in total. The molecule has 1 N–H and O–H groups in total. The van der Waals surface area contributed by atoms with E-state index < -0.39 is 4.92 Å². The Hall–Kier alpha value is -2.44. The first kappa shape index (κ1) is 17.9. The third-order valence-corrected chi connectivity index (χ3v) is 4.57. The minimum Gasteiger partial charge on any atom is -0.349 e. The van der Waals surface area contributed by atoms with E-state index in [-0.39, 0.29) is 29.3 Å². The predicted molar refractivity (Wildman–Crippen MR) is 90.6 cm³/mol. The average molecular weight is 333 g/mol. The summed E-state index contributed by atoms with van der Waals surface area (Å²) in [5.41, 5.74) is 0.0408. The Morgan fingerprint density at radius 3 is 2.50 bits per heavy atom. The Bertz CT molecular complexity index is 636. The van der Waals surface area contributed by atoms with Gasteiger partial charge >= 0.3 is 0 Å². The van der Waals surface area contributed by atoms with E-state index >= 15 is 0 Å². The fourth-order valence-electron chi connectivity index (χ4n) is 3.26. The van der Waals surface area contributed by atoms with Crippen molar-refractivity contribution in [3.8, 4) is 0 Å². The van der Waals surface area contributed by atoms with Crippen molar-refractivity contribution < 1.29 is 14.5 Å². The number of carbonyl (C=O) groups is 2. The number of amides is 2. The van der Waals surface area contributed by atoms with E-state index in [1.165, 1.54) is 18.2 Å². The number of nitrogens with one attached hydrogen (secondary N) is 1. The maximum atomic E-state index is 12.4. The number of anilines is 1. The standard InChI is InChI=1S/C17H23N3O4/c1-19(2)16(22)12-17(8-3-4-9-17)11-15(21)18-13-6-5-7-14(10-13)20(23)24/h5-7,10H,3-4,8-9,11-12H2,1-2H3,(H,18,21). The SMILES string of the molecule is CN(C)C(=O)CC1(CC(=O)Nc2cccc([N+](=O)[O-])c2)CCCC1. The molecule has 0 heterocycles. The molecule has 2 amide bonds. The molecular formula is C17H23N3O4. The zero-order chi connectivity index (χ0) is 17.7. The first-order valence-corrected chi connectivity index (χ1v) is 8.06. The smallest absolute Gasteiger partial charge is 0.271 e. The van der Waals surface area contributed by atoms with Gasteiger partial charge in [-0.25, -0.2) is 0 Å². The zero-order valence-electron chi connectivity index (χ0n) is 14.1. The van der Waals surface area contributed by atoms with Crippen molar-refractivity contribution in [2.75, 3.05) is 19.4 Å². The highest BCUT2D eigenvalue weighted by Gasteiger charge is 2.38. The summed E-state index contributed by atoms with van der Waals surface area (Å²) in [6.07, 6.45) is 4.37. The number of hydrogen-bond acceptors (Lipinski definition) is 4. The van der Waals surface area contributed by atoms with Crippen LogP contribution in [0.25, 0.3) is 0 Å². The summed E-state index contributed by atoms with van der Waals surface area (Å²) in [6, 6.07) is 5.87. The van der Waals surface area contributed by atoms with Crippen LogP contribution in [0.4, 0.5) is 11.4 Å². The number of non-ortho nitro benzene ring substituents is 1. The van der Waals surface area contributed by atoms with E-state index in [1.807, 2.05) is 0 Å². The van der Waals surface area contributed by atoms with Gasteiger partial charge < -0.3 is 10.2 Å². The quantitative estimate of drug-likeness (QED) is 0.640. The molecule has 1 aliphatic carbocycles. The fourth-order valence-corrected chi connectivity index (χ4v) is 3.26. The van der Waals surface area contributed by atoms with Crippen molar-refractivity contribution in [1.82, 2.24) is 4.90 Å². The van der Waals surface area contributed by atoms with Crippen LogP contribution in [0.1, 0.15) is 38.5 Å². The number of benzene rings is 1. The molecule has 7 heteroatoms. The fraction of sp³-hybridized carbons (Fsp3) is 0.529. The number of carbonyl (C=O) groups excluding carboxylic acids is 2. The monoisotopic (exact) mass is 333 g/mol. The lowest BCUT2D eigenvalue weighted by Gasteiger charge is -2.29. The van der Waals surface area contributed by atoms with Crippen LogP contribution in [-0.2, 0) is 9.59 Å². The molecule has 0 spiro atoms. The molecule has 0 atom stereocenters. The van der Waals surface area contributed by atoms with Crippen molar-refractivity contribution in [1.29, 1.82) is 0 Å². The summed E-state index contributed by atoms with van der Waals surface area (Å²) in [6.45, 7) is 0. The van der Waals surface area contributed by atoms with E-state index in [4.69, 9.17) is 0 Å². The van der Waals surface area contributed by atoms with Crippen molar-refractivity contribution in [2.24, 2.45) is 5.41 Å². The van der Waals surface area contributed by atoms with Crippen LogP contribution in [0.15, 0.2) is 24.3 Å². The highest BCUT2D eigenvalue weighted by atomic mass is 16.6. The Labute approximate surface area is 141 Å². The Kier molecular flexibility index (Phi) is 5.54. The second-order valence-corrected chi connectivity index (χ2v) is 6.70. The molecule has 24 heavy (non-hydrogen) atoms. The lowest BCUT2D eigenvalue weighted by Crippen LogP contribution is -2.32. The molecule has 0 aliphatic heterocycles.